The normalized spacial score (nSPS) is 29.2. The van der Waals surface area contributed by atoms with Gasteiger partial charge >= 0.3 is 12.0 Å². The van der Waals surface area contributed by atoms with Gasteiger partial charge in [0.05, 0.1) is 5.41 Å². The number of rotatable bonds is 3. The molecule has 2 N–H and O–H groups in total. The average Bonchev–Trinajstić information content (AvgIpc) is 2.81. The Hall–Kier alpha value is -1.30. The Balaban J connectivity index is 1.83. The molecule has 0 radical (unpaired) electrons. The minimum Gasteiger partial charge on any atom is -0.481 e. The monoisotopic (exact) mass is 284 g/mol. The topological polar surface area (TPSA) is 78.9 Å². The molecule has 6 nitrogen and oxygen atoms in total. The highest BCUT2D eigenvalue weighted by atomic mass is 16.5. The Morgan fingerprint density at radius 3 is 2.45 bits per heavy atom. The number of carboxylic acids is 1. The molecule has 2 aliphatic heterocycles. The third kappa shape index (κ3) is 3.23. The molecule has 0 aromatic rings. The van der Waals surface area contributed by atoms with E-state index < -0.39 is 11.4 Å². The molecule has 2 aliphatic rings. The van der Waals surface area contributed by atoms with Crippen molar-refractivity contribution in [2.75, 3.05) is 32.8 Å². The van der Waals surface area contributed by atoms with E-state index in [2.05, 4.69) is 12.2 Å². The van der Waals surface area contributed by atoms with Crippen LogP contribution < -0.4 is 5.32 Å². The predicted octanol–water partition coefficient (Wildman–Crippen LogP) is 1.31. The van der Waals surface area contributed by atoms with E-state index in [1.165, 1.54) is 0 Å². The van der Waals surface area contributed by atoms with Crippen LogP contribution in [0.3, 0.4) is 0 Å². The third-order valence-electron chi connectivity index (χ3n) is 4.64. The maximum atomic E-state index is 12.1. The number of nitrogens with zero attached hydrogens (tertiary/aromatic N) is 1. The van der Waals surface area contributed by atoms with Gasteiger partial charge < -0.3 is 20.1 Å². The number of hydrogen-bond donors (Lipinski definition) is 2. The summed E-state index contributed by atoms with van der Waals surface area (Å²) < 4.78 is 5.34. The molecule has 2 heterocycles. The lowest BCUT2D eigenvalue weighted by molar-refractivity contribution is -0.147. The Labute approximate surface area is 119 Å². The lowest BCUT2D eigenvalue weighted by Gasteiger charge is -2.34. The molecule has 6 heteroatoms. The summed E-state index contributed by atoms with van der Waals surface area (Å²) in [6.07, 6.45) is 2.40. The van der Waals surface area contributed by atoms with Gasteiger partial charge in [-0.2, -0.15) is 0 Å². The van der Waals surface area contributed by atoms with Crippen molar-refractivity contribution < 1.29 is 19.4 Å². The third-order valence-corrected chi connectivity index (χ3v) is 4.64. The fraction of sp³-hybridized carbons (Fsp3) is 0.857. The molecule has 2 rings (SSSR count). The molecule has 20 heavy (non-hydrogen) atoms. The van der Waals surface area contributed by atoms with Crippen molar-refractivity contribution in [1.82, 2.24) is 10.2 Å². The van der Waals surface area contributed by atoms with Gasteiger partial charge in [-0.15, -0.1) is 0 Å². The second-order valence-corrected chi connectivity index (χ2v) is 6.62. The molecule has 0 saturated carbocycles. The zero-order chi connectivity index (χ0) is 14.8. The van der Waals surface area contributed by atoms with Crippen molar-refractivity contribution in [3.05, 3.63) is 0 Å². The molecular formula is C14H24N2O4. The van der Waals surface area contributed by atoms with Crippen LogP contribution in [0.15, 0.2) is 0 Å². The number of nitrogens with one attached hydrogen (secondary N) is 1. The summed E-state index contributed by atoms with van der Waals surface area (Å²) in [6.45, 7) is 6.75. The van der Waals surface area contributed by atoms with Gasteiger partial charge in [-0.05, 0) is 31.6 Å². The fourth-order valence-electron chi connectivity index (χ4n) is 2.75. The number of aliphatic carboxylic acids is 1. The average molecular weight is 284 g/mol. The van der Waals surface area contributed by atoms with E-state index in [4.69, 9.17) is 4.74 Å². The van der Waals surface area contributed by atoms with Crippen molar-refractivity contribution in [3.8, 4) is 0 Å². The summed E-state index contributed by atoms with van der Waals surface area (Å²) >= 11 is 0. The van der Waals surface area contributed by atoms with Crippen LogP contribution in [0.2, 0.25) is 0 Å². The summed E-state index contributed by atoms with van der Waals surface area (Å²) in [5.74, 6) is -0.829. The molecule has 0 aromatic heterocycles. The van der Waals surface area contributed by atoms with Crippen LogP contribution in [0, 0.1) is 10.8 Å². The largest absolute Gasteiger partial charge is 0.481 e. The van der Waals surface area contributed by atoms with Crippen LogP contribution in [0.1, 0.15) is 33.1 Å². The van der Waals surface area contributed by atoms with Crippen LogP contribution in [0.4, 0.5) is 4.79 Å². The molecule has 0 aliphatic carbocycles. The number of carboxylic acid groups (broad SMARTS) is 1. The molecular weight excluding hydrogens is 260 g/mol. The second-order valence-electron chi connectivity index (χ2n) is 6.62. The maximum Gasteiger partial charge on any atom is 0.317 e. The minimum absolute atomic E-state index is 0.0870. The number of hydrogen-bond acceptors (Lipinski definition) is 3. The Morgan fingerprint density at radius 1 is 1.25 bits per heavy atom. The van der Waals surface area contributed by atoms with Crippen molar-refractivity contribution in [2.45, 2.75) is 33.1 Å². The quantitative estimate of drug-likeness (QED) is 0.819. The fourth-order valence-corrected chi connectivity index (χ4v) is 2.75. The summed E-state index contributed by atoms with van der Waals surface area (Å²) in [5.41, 5.74) is -0.719. The SMILES string of the molecule is CC1(CNC(=O)N2CCC(C)(C(=O)O)C2)CCOCC1. The number of urea groups is 1. The van der Waals surface area contributed by atoms with Gasteiger partial charge in [0.1, 0.15) is 0 Å². The first kappa shape index (κ1) is 15.1. The zero-order valence-electron chi connectivity index (χ0n) is 12.3. The van der Waals surface area contributed by atoms with E-state index >= 15 is 0 Å². The molecule has 2 fully saturated rings. The van der Waals surface area contributed by atoms with Crippen molar-refractivity contribution in [2.24, 2.45) is 10.8 Å². The van der Waals surface area contributed by atoms with E-state index in [1.807, 2.05) is 0 Å². The van der Waals surface area contributed by atoms with Crippen LogP contribution >= 0.6 is 0 Å². The van der Waals surface area contributed by atoms with Gasteiger partial charge in [0, 0.05) is 32.8 Å². The van der Waals surface area contributed by atoms with Crippen LogP contribution in [0.25, 0.3) is 0 Å². The molecule has 1 unspecified atom stereocenters. The van der Waals surface area contributed by atoms with E-state index in [9.17, 15) is 14.7 Å². The van der Waals surface area contributed by atoms with Gasteiger partial charge in [-0.25, -0.2) is 4.79 Å². The first-order chi connectivity index (χ1) is 9.35. The van der Waals surface area contributed by atoms with E-state index in [0.29, 0.717) is 19.5 Å². The number of likely N-dealkylation sites (tertiary alicyclic amines) is 1. The summed E-state index contributed by atoms with van der Waals surface area (Å²) in [7, 11) is 0. The molecule has 0 spiro atoms. The van der Waals surface area contributed by atoms with Gasteiger partial charge in [0.15, 0.2) is 0 Å². The van der Waals surface area contributed by atoms with Gasteiger partial charge in [0.25, 0.3) is 0 Å². The number of carbonyl (C=O) groups is 2. The second kappa shape index (κ2) is 5.60. The summed E-state index contributed by atoms with van der Waals surface area (Å²) in [4.78, 5) is 24.9. The highest BCUT2D eigenvalue weighted by Crippen LogP contribution is 2.31. The van der Waals surface area contributed by atoms with Gasteiger partial charge in [-0.1, -0.05) is 6.92 Å². The summed E-state index contributed by atoms with van der Waals surface area (Å²) in [6, 6.07) is -0.150. The number of carbonyl (C=O) groups excluding carboxylic acids is 1. The lowest BCUT2D eigenvalue weighted by Crippen LogP contribution is -2.45. The van der Waals surface area contributed by atoms with Crippen molar-refractivity contribution >= 4 is 12.0 Å². The Kier molecular flexibility index (Phi) is 4.22. The Morgan fingerprint density at radius 2 is 1.90 bits per heavy atom. The molecule has 0 bridgehead atoms. The van der Waals surface area contributed by atoms with Crippen LogP contribution in [0.5, 0.6) is 0 Å². The van der Waals surface area contributed by atoms with E-state index in [1.54, 1.807) is 11.8 Å². The van der Waals surface area contributed by atoms with E-state index in [-0.39, 0.29) is 18.0 Å². The highest BCUT2D eigenvalue weighted by Gasteiger charge is 2.42. The molecule has 2 amide bonds. The zero-order valence-corrected chi connectivity index (χ0v) is 12.3. The van der Waals surface area contributed by atoms with Crippen molar-refractivity contribution in [3.63, 3.8) is 0 Å². The van der Waals surface area contributed by atoms with Gasteiger partial charge in [-0.3, -0.25) is 4.79 Å². The first-order valence-corrected chi connectivity index (χ1v) is 7.19. The first-order valence-electron chi connectivity index (χ1n) is 7.19. The molecule has 2 saturated heterocycles. The lowest BCUT2D eigenvalue weighted by atomic mass is 9.82. The van der Waals surface area contributed by atoms with Gasteiger partial charge in [0.2, 0.25) is 0 Å². The molecule has 114 valence electrons. The highest BCUT2D eigenvalue weighted by molar-refractivity contribution is 5.79. The minimum atomic E-state index is -0.829. The molecule has 1 atom stereocenters. The standard InChI is InChI=1S/C14H24N2O4/c1-13(4-7-20-8-5-13)9-15-12(19)16-6-3-14(2,10-16)11(17)18/h3-10H2,1-2H3,(H,15,19)(H,17,18). The Bertz CT molecular complexity index is 393. The molecule has 0 aromatic carbocycles. The number of amides is 2. The smallest absolute Gasteiger partial charge is 0.317 e. The van der Waals surface area contributed by atoms with Crippen LogP contribution in [-0.2, 0) is 9.53 Å². The van der Waals surface area contributed by atoms with Crippen molar-refractivity contribution in [1.29, 1.82) is 0 Å². The number of ether oxygens (including phenoxy) is 1. The maximum absolute atomic E-state index is 12.1. The summed E-state index contributed by atoms with van der Waals surface area (Å²) in [5, 5.41) is 12.1. The predicted molar refractivity (Wildman–Crippen MR) is 73.5 cm³/mol. The van der Waals surface area contributed by atoms with Crippen LogP contribution in [-0.4, -0.2) is 54.9 Å². The van der Waals surface area contributed by atoms with E-state index in [0.717, 1.165) is 26.1 Å².